The third-order valence-corrected chi connectivity index (χ3v) is 5.55. The maximum atomic E-state index is 11.3. The average Bonchev–Trinajstić information content (AvgIpc) is 3.02. The predicted octanol–water partition coefficient (Wildman–Crippen LogP) is 2.07. The van der Waals surface area contributed by atoms with Gasteiger partial charge in [0.25, 0.3) is 0 Å². The first kappa shape index (κ1) is 22.9. The van der Waals surface area contributed by atoms with Crippen LogP contribution in [0.1, 0.15) is 51.9 Å². The van der Waals surface area contributed by atoms with Crippen LogP contribution >= 0.6 is 24.0 Å². The van der Waals surface area contributed by atoms with Crippen molar-refractivity contribution in [2.75, 3.05) is 32.4 Å². The van der Waals surface area contributed by atoms with E-state index in [1.54, 1.807) is 14.0 Å². The third kappa shape index (κ3) is 11.1. The van der Waals surface area contributed by atoms with E-state index in [9.17, 15) is 8.42 Å². The van der Waals surface area contributed by atoms with Crippen molar-refractivity contribution in [3.63, 3.8) is 0 Å². The SMILES string of the molecule is CCS(=O)(=O)NCCNC(=NC)NCCCCC1CCCC1.I. The summed E-state index contributed by atoms with van der Waals surface area (Å²) in [6, 6.07) is 0. The maximum Gasteiger partial charge on any atom is 0.211 e. The number of nitrogens with one attached hydrogen (secondary N) is 3. The molecule has 0 radical (unpaired) electrons. The number of unbranched alkanes of at least 4 members (excludes halogenated alkanes) is 1. The highest BCUT2D eigenvalue weighted by molar-refractivity contribution is 14.0. The summed E-state index contributed by atoms with van der Waals surface area (Å²) in [4.78, 5) is 4.13. The fourth-order valence-electron chi connectivity index (χ4n) is 2.77. The summed E-state index contributed by atoms with van der Waals surface area (Å²) < 4.78 is 25.1. The van der Waals surface area contributed by atoms with Gasteiger partial charge in [-0.25, -0.2) is 13.1 Å². The number of sulfonamides is 1. The Bertz CT molecular complexity index is 423. The molecular formula is C15H33IN4O2S. The molecule has 0 aromatic heterocycles. The Kier molecular flexibility index (Phi) is 13.2. The molecule has 6 nitrogen and oxygen atoms in total. The molecule has 0 amide bonds. The van der Waals surface area contributed by atoms with Crippen LogP contribution in [0, 0.1) is 5.92 Å². The molecule has 0 heterocycles. The zero-order valence-corrected chi connectivity index (χ0v) is 17.6. The highest BCUT2D eigenvalue weighted by atomic mass is 127. The number of halogens is 1. The van der Waals surface area contributed by atoms with Crippen LogP contribution in [0.2, 0.25) is 0 Å². The Balaban J connectivity index is 0.00000484. The summed E-state index contributed by atoms with van der Waals surface area (Å²) >= 11 is 0. The van der Waals surface area contributed by atoms with Crippen molar-refractivity contribution < 1.29 is 8.42 Å². The van der Waals surface area contributed by atoms with E-state index >= 15 is 0 Å². The van der Waals surface area contributed by atoms with E-state index in [2.05, 4.69) is 20.3 Å². The number of guanidine groups is 1. The Hall–Kier alpha value is -0.0900. The lowest BCUT2D eigenvalue weighted by Crippen LogP contribution is -2.42. The van der Waals surface area contributed by atoms with Gasteiger partial charge >= 0.3 is 0 Å². The molecule has 1 saturated carbocycles. The summed E-state index contributed by atoms with van der Waals surface area (Å²) in [7, 11) is -1.38. The fraction of sp³-hybridized carbons (Fsp3) is 0.933. The van der Waals surface area contributed by atoms with Crippen molar-refractivity contribution in [3.8, 4) is 0 Å². The Morgan fingerprint density at radius 1 is 1.09 bits per heavy atom. The minimum absolute atomic E-state index is 0. The van der Waals surface area contributed by atoms with Crippen molar-refractivity contribution in [1.82, 2.24) is 15.4 Å². The van der Waals surface area contributed by atoms with Gasteiger partial charge in [0.2, 0.25) is 10.0 Å². The van der Waals surface area contributed by atoms with E-state index in [1.165, 1.54) is 38.5 Å². The average molecular weight is 460 g/mol. The second kappa shape index (κ2) is 13.2. The summed E-state index contributed by atoms with van der Waals surface area (Å²) in [5.41, 5.74) is 0. The lowest BCUT2D eigenvalue weighted by molar-refractivity contribution is 0.472. The molecule has 1 aliphatic rings. The minimum atomic E-state index is -3.11. The van der Waals surface area contributed by atoms with Gasteiger partial charge in [-0.05, 0) is 19.3 Å². The lowest BCUT2D eigenvalue weighted by atomic mass is 10.0. The quantitative estimate of drug-likeness (QED) is 0.202. The minimum Gasteiger partial charge on any atom is -0.356 e. The van der Waals surface area contributed by atoms with Gasteiger partial charge in [-0.3, -0.25) is 4.99 Å². The summed E-state index contributed by atoms with van der Waals surface area (Å²) in [6.07, 6.45) is 9.45. The van der Waals surface area contributed by atoms with Crippen molar-refractivity contribution in [2.45, 2.75) is 51.9 Å². The molecule has 0 aromatic rings. The Morgan fingerprint density at radius 3 is 2.35 bits per heavy atom. The van der Waals surface area contributed by atoms with Crippen molar-refractivity contribution in [2.24, 2.45) is 10.9 Å². The molecule has 138 valence electrons. The molecule has 0 atom stereocenters. The first-order valence-corrected chi connectivity index (χ1v) is 10.1. The van der Waals surface area contributed by atoms with Crippen LogP contribution in [-0.4, -0.2) is 46.8 Å². The first-order valence-electron chi connectivity index (χ1n) is 8.49. The van der Waals surface area contributed by atoms with E-state index < -0.39 is 10.0 Å². The van der Waals surface area contributed by atoms with Gasteiger partial charge in [-0.15, -0.1) is 24.0 Å². The van der Waals surface area contributed by atoms with Crippen LogP contribution in [0.25, 0.3) is 0 Å². The van der Waals surface area contributed by atoms with E-state index in [4.69, 9.17) is 0 Å². The van der Waals surface area contributed by atoms with E-state index in [-0.39, 0.29) is 29.7 Å². The van der Waals surface area contributed by atoms with Crippen molar-refractivity contribution >= 4 is 40.0 Å². The van der Waals surface area contributed by atoms with E-state index in [1.807, 2.05) is 0 Å². The molecule has 0 saturated heterocycles. The zero-order valence-electron chi connectivity index (χ0n) is 14.4. The number of hydrogen-bond donors (Lipinski definition) is 3. The largest absolute Gasteiger partial charge is 0.356 e. The molecule has 1 aliphatic carbocycles. The zero-order chi connectivity index (χ0) is 16.3. The molecule has 3 N–H and O–H groups in total. The number of hydrogen-bond acceptors (Lipinski definition) is 3. The summed E-state index contributed by atoms with van der Waals surface area (Å²) in [5.74, 6) is 1.81. The second-order valence-corrected chi connectivity index (χ2v) is 7.97. The van der Waals surface area contributed by atoms with Crippen LogP contribution in [0.15, 0.2) is 4.99 Å². The summed E-state index contributed by atoms with van der Waals surface area (Å²) in [6.45, 7) is 3.44. The fourth-order valence-corrected chi connectivity index (χ4v) is 3.39. The first-order chi connectivity index (χ1) is 10.6. The second-order valence-electron chi connectivity index (χ2n) is 5.87. The van der Waals surface area contributed by atoms with Gasteiger partial charge in [-0.2, -0.15) is 0 Å². The van der Waals surface area contributed by atoms with E-state index in [0.29, 0.717) is 13.1 Å². The van der Waals surface area contributed by atoms with E-state index in [0.717, 1.165) is 24.8 Å². The summed E-state index contributed by atoms with van der Waals surface area (Å²) in [5, 5.41) is 6.38. The number of rotatable bonds is 10. The van der Waals surface area contributed by atoms with Crippen LogP contribution in [0.4, 0.5) is 0 Å². The van der Waals surface area contributed by atoms with Gasteiger partial charge in [0, 0.05) is 26.7 Å². The van der Waals surface area contributed by atoms with Gasteiger partial charge in [-0.1, -0.05) is 38.5 Å². The Labute approximate surface area is 158 Å². The van der Waals surface area contributed by atoms with Crippen molar-refractivity contribution in [3.05, 3.63) is 0 Å². The monoisotopic (exact) mass is 460 g/mol. The predicted molar refractivity (Wildman–Crippen MR) is 108 cm³/mol. The molecule has 0 unspecified atom stereocenters. The molecule has 0 spiro atoms. The van der Waals surface area contributed by atoms with Gasteiger partial charge in [0.15, 0.2) is 5.96 Å². The van der Waals surface area contributed by atoms with Crippen molar-refractivity contribution in [1.29, 1.82) is 0 Å². The smallest absolute Gasteiger partial charge is 0.211 e. The molecular weight excluding hydrogens is 427 g/mol. The molecule has 8 heteroatoms. The Morgan fingerprint density at radius 2 is 1.74 bits per heavy atom. The highest BCUT2D eigenvalue weighted by Crippen LogP contribution is 2.28. The third-order valence-electron chi connectivity index (χ3n) is 4.15. The highest BCUT2D eigenvalue weighted by Gasteiger charge is 2.13. The molecule has 1 fully saturated rings. The van der Waals surface area contributed by atoms with Gasteiger partial charge in [0.05, 0.1) is 5.75 Å². The normalized spacial score (nSPS) is 16.2. The van der Waals surface area contributed by atoms with Crippen LogP contribution in [0.3, 0.4) is 0 Å². The maximum absolute atomic E-state index is 11.3. The lowest BCUT2D eigenvalue weighted by Gasteiger charge is -2.13. The van der Waals surface area contributed by atoms with Gasteiger partial charge in [0.1, 0.15) is 0 Å². The molecule has 0 bridgehead atoms. The molecule has 0 aliphatic heterocycles. The number of aliphatic imine (C=N–C) groups is 1. The topological polar surface area (TPSA) is 82.6 Å². The standard InChI is InChI=1S/C15H32N4O2S.HI/c1-3-22(20,21)19-13-12-18-15(16-2)17-11-7-6-10-14-8-4-5-9-14;/h14,19H,3-13H2,1-2H3,(H2,16,17,18);1H. The number of nitrogens with zero attached hydrogens (tertiary/aromatic N) is 1. The van der Waals surface area contributed by atoms with Crippen LogP contribution < -0.4 is 15.4 Å². The molecule has 1 rings (SSSR count). The van der Waals surface area contributed by atoms with Gasteiger partial charge < -0.3 is 10.6 Å². The molecule has 23 heavy (non-hydrogen) atoms. The van der Waals surface area contributed by atoms with Crippen LogP contribution in [0.5, 0.6) is 0 Å². The van der Waals surface area contributed by atoms with Crippen LogP contribution in [-0.2, 0) is 10.0 Å². The molecule has 0 aromatic carbocycles.